The predicted octanol–water partition coefficient (Wildman–Crippen LogP) is 3.85. The van der Waals surface area contributed by atoms with Crippen molar-refractivity contribution < 1.29 is 9.18 Å². The van der Waals surface area contributed by atoms with Gasteiger partial charge in [-0.1, -0.05) is 13.0 Å². The minimum atomic E-state index is -0.458. The fourth-order valence-electron chi connectivity index (χ4n) is 2.55. The Bertz CT molecular complexity index is 443. The van der Waals surface area contributed by atoms with Crippen molar-refractivity contribution >= 4 is 21.8 Å². The quantitative estimate of drug-likeness (QED) is 0.771. The molecular weight excluding hydrogens is 297 g/mol. The summed E-state index contributed by atoms with van der Waals surface area (Å²) in [4.78, 5) is 14.2. The molecule has 1 aromatic rings. The normalized spacial score (nSPS) is 24.1. The van der Waals surface area contributed by atoms with Crippen LogP contribution in [0.15, 0.2) is 22.7 Å². The van der Waals surface area contributed by atoms with Gasteiger partial charge in [0.1, 0.15) is 5.82 Å². The van der Waals surface area contributed by atoms with Gasteiger partial charge in [0.15, 0.2) is 0 Å². The number of halogens is 2. The summed E-state index contributed by atoms with van der Waals surface area (Å²) in [5, 5.41) is 0. The molecule has 1 fully saturated rings. The van der Waals surface area contributed by atoms with Crippen LogP contribution in [0.3, 0.4) is 0 Å². The Balaban J connectivity index is 2.26. The summed E-state index contributed by atoms with van der Waals surface area (Å²) in [6.45, 7) is 4.93. The molecule has 0 aliphatic carbocycles. The van der Waals surface area contributed by atoms with Gasteiger partial charge in [0, 0.05) is 17.1 Å². The number of likely N-dealkylation sites (tertiary alicyclic amines) is 1. The van der Waals surface area contributed by atoms with Gasteiger partial charge in [0.25, 0.3) is 5.91 Å². The van der Waals surface area contributed by atoms with Crippen molar-refractivity contribution in [1.29, 1.82) is 0 Å². The second-order valence-corrected chi connectivity index (χ2v) is 5.93. The van der Waals surface area contributed by atoms with Gasteiger partial charge < -0.3 is 4.90 Å². The first kappa shape index (κ1) is 13.5. The summed E-state index contributed by atoms with van der Waals surface area (Å²) < 4.78 is 14.3. The van der Waals surface area contributed by atoms with E-state index in [1.165, 1.54) is 6.07 Å². The lowest BCUT2D eigenvalue weighted by atomic mass is 9.93. The maximum absolute atomic E-state index is 13.8. The molecule has 1 aromatic carbocycles. The van der Waals surface area contributed by atoms with Crippen LogP contribution in [0.4, 0.5) is 4.39 Å². The molecule has 0 bridgehead atoms. The molecular formula is C14H17BrFNO. The van der Waals surface area contributed by atoms with Gasteiger partial charge >= 0.3 is 0 Å². The summed E-state index contributed by atoms with van der Waals surface area (Å²) >= 11 is 3.26. The molecule has 2 unspecified atom stereocenters. The van der Waals surface area contributed by atoms with E-state index in [9.17, 15) is 9.18 Å². The van der Waals surface area contributed by atoms with Crippen LogP contribution in [0.25, 0.3) is 0 Å². The van der Waals surface area contributed by atoms with Crippen LogP contribution in [-0.4, -0.2) is 23.4 Å². The van der Waals surface area contributed by atoms with Crippen LogP contribution in [-0.2, 0) is 0 Å². The molecule has 0 N–H and O–H groups in total. The van der Waals surface area contributed by atoms with E-state index in [1.54, 1.807) is 17.0 Å². The molecule has 0 saturated carbocycles. The SMILES string of the molecule is CC1CCN(C(=O)c2c(F)cccc2Br)C(C)C1. The van der Waals surface area contributed by atoms with Crippen LogP contribution < -0.4 is 0 Å². The molecule has 2 atom stereocenters. The summed E-state index contributed by atoms with van der Waals surface area (Å²) in [6.07, 6.45) is 1.97. The number of amides is 1. The van der Waals surface area contributed by atoms with Gasteiger partial charge in [-0.15, -0.1) is 0 Å². The van der Waals surface area contributed by atoms with Crippen molar-refractivity contribution in [2.45, 2.75) is 32.7 Å². The van der Waals surface area contributed by atoms with Crippen LogP contribution in [0.2, 0.25) is 0 Å². The number of carbonyl (C=O) groups excluding carboxylic acids is 1. The monoisotopic (exact) mass is 313 g/mol. The van der Waals surface area contributed by atoms with Crippen molar-refractivity contribution in [2.75, 3.05) is 6.54 Å². The summed E-state index contributed by atoms with van der Waals surface area (Å²) in [5.74, 6) is -0.0346. The maximum atomic E-state index is 13.8. The van der Waals surface area contributed by atoms with E-state index in [-0.39, 0.29) is 17.5 Å². The number of rotatable bonds is 1. The first-order valence-electron chi connectivity index (χ1n) is 6.25. The van der Waals surface area contributed by atoms with E-state index >= 15 is 0 Å². The largest absolute Gasteiger partial charge is 0.336 e. The first-order valence-corrected chi connectivity index (χ1v) is 7.05. The van der Waals surface area contributed by atoms with Gasteiger partial charge in [-0.25, -0.2) is 4.39 Å². The average Bonchev–Trinajstić information content (AvgIpc) is 2.28. The van der Waals surface area contributed by atoms with E-state index in [0.717, 1.165) is 12.8 Å². The van der Waals surface area contributed by atoms with Crippen molar-refractivity contribution in [3.05, 3.63) is 34.1 Å². The Morgan fingerprint density at radius 3 is 2.78 bits per heavy atom. The smallest absolute Gasteiger partial charge is 0.258 e. The third kappa shape index (κ3) is 2.58. The summed E-state index contributed by atoms with van der Waals surface area (Å²) in [6, 6.07) is 4.80. The van der Waals surface area contributed by atoms with Crippen LogP contribution in [0.5, 0.6) is 0 Å². The number of carbonyl (C=O) groups is 1. The fraction of sp³-hybridized carbons (Fsp3) is 0.500. The third-order valence-corrected chi connectivity index (χ3v) is 4.24. The zero-order valence-electron chi connectivity index (χ0n) is 10.6. The second-order valence-electron chi connectivity index (χ2n) is 5.07. The Labute approximate surface area is 115 Å². The topological polar surface area (TPSA) is 20.3 Å². The van der Waals surface area contributed by atoms with Crippen LogP contribution in [0.1, 0.15) is 37.0 Å². The lowest BCUT2D eigenvalue weighted by Crippen LogP contribution is -2.44. The van der Waals surface area contributed by atoms with Gasteiger partial charge in [-0.2, -0.15) is 0 Å². The van der Waals surface area contributed by atoms with E-state index in [1.807, 2.05) is 6.92 Å². The number of hydrogen-bond donors (Lipinski definition) is 0. The maximum Gasteiger partial charge on any atom is 0.258 e. The molecule has 18 heavy (non-hydrogen) atoms. The molecule has 0 radical (unpaired) electrons. The zero-order chi connectivity index (χ0) is 13.3. The molecule has 1 aliphatic rings. The van der Waals surface area contributed by atoms with E-state index in [4.69, 9.17) is 0 Å². The standard InChI is InChI=1S/C14H17BrFNO/c1-9-6-7-17(10(2)8-9)14(18)13-11(15)4-3-5-12(13)16/h3-5,9-10H,6-8H2,1-2H3. The molecule has 2 rings (SSSR count). The summed E-state index contributed by atoms with van der Waals surface area (Å²) in [5.41, 5.74) is 0.152. The summed E-state index contributed by atoms with van der Waals surface area (Å²) in [7, 11) is 0. The molecule has 1 amide bonds. The first-order chi connectivity index (χ1) is 8.50. The molecule has 2 nitrogen and oxygen atoms in total. The predicted molar refractivity (Wildman–Crippen MR) is 73.0 cm³/mol. The number of nitrogens with zero attached hydrogens (tertiary/aromatic N) is 1. The van der Waals surface area contributed by atoms with Crippen LogP contribution >= 0.6 is 15.9 Å². The zero-order valence-corrected chi connectivity index (χ0v) is 12.2. The minimum absolute atomic E-state index is 0.152. The Morgan fingerprint density at radius 2 is 2.17 bits per heavy atom. The van der Waals surface area contributed by atoms with E-state index < -0.39 is 5.82 Å². The van der Waals surface area contributed by atoms with Gasteiger partial charge in [0.05, 0.1) is 5.56 Å². The Hall–Kier alpha value is -0.900. The molecule has 0 aromatic heterocycles. The minimum Gasteiger partial charge on any atom is -0.336 e. The molecule has 4 heteroatoms. The van der Waals surface area contributed by atoms with Crippen molar-refractivity contribution in [3.63, 3.8) is 0 Å². The van der Waals surface area contributed by atoms with E-state index in [0.29, 0.717) is 16.9 Å². The Morgan fingerprint density at radius 1 is 1.44 bits per heavy atom. The Kier molecular flexibility index (Phi) is 4.05. The van der Waals surface area contributed by atoms with Gasteiger partial charge in [-0.3, -0.25) is 4.79 Å². The highest BCUT2D eigenvalue weighted by molar-refractivity contribution is 9.10. The third-order valence-electron chi connectivity index (χ3n) is 3.58. The molecule has 1 heterocycles. The average molecular weight is 314 g/mol. The molecule has 1 aliphatic heterocycles. The van der Waals surface area contributed by atoms with Crippen LogP contribution in [0, 0.1) is 11.7 Å². The fourth-order valence-corrected chi connectivity index (χ4v) is 3.07. The van der Waals surface area contributed by atoms with Gasteiger partial charge in [0.2, 0.25) is 0 Å². The lowest BCUT2D eigenvalue weighted by molar-refractivity contribution is 0.0583. The number of benzene rings is 1. The highest BCUT2D eigenvalue weighted by atomic mass is 79.9. The lowest BCUT2D eigenvalue weighted by Gasteiger charge is -2.36. The number of piperidine rings is 1. The highest BCUT2D eigenvalue weighted by Crippen LogP contribution is 2.27. The number of hydrogen-bond acceptors (Lipinski definition) is 1. The van der Waals surface area contributed by atoms with Crippen molar-refractivity contribution in [1.82, 2.24) is 4.90 Å². The van der Waals surface area contributed by atoms with E-state index in [2.05, 4.69) is 22.9 Å². The second kappa shape index (κ2) is 5.39. The highest BCUT2D eigenvalue weighted by Gasteiger charge is 2.29. The van der Waals surface area contributed by atoms with Crippen molar-refractivity contribution in [2.24, 2.45) is 5.92 Å². The molecule has 0 spiro atoms. The van der Waals surface area contributed by atoms with Gasteiger partial charge in [-0.05, 0) is 53.7 Å². The molecule has 1 saturated heterocycles. The molecule has 98 valence electrons. The van der Waals surface area contributed by atoms with Crippen molar-refractivity contribution in [3.8, 4) is 0 Å².